The number of morpholine rings is 1. The normalized spacial score (nSPS) is 18.1. The van der Waals surface area contributed by atoms with Gasteiger partial charge < -0.3 is 10.1 Å². The van der Waals surface area contributed by atoms with E-state index in [4.69, 9.17) is 4.74 Å². The highest BCUT2D eigenvalue weighted by molar-refractivity contribution is 5.50. The predicted octanol–water partition coefficient (Wildman–Crippen LogP) is 2.45. The number of ether oxygens (including phenoxy) is 1. The van der Waals surface area contributed by atoms with Gasteiger partial charge in [-0.15, -0.1) is 0 Å². The van der Waals surface area contributed by atoms with Crippen LogP contribution in [-0.2, 0) is 4.74 Å². The zero-order valence-electron chi connectivity index (χ0n) is 14.8. The Morgan fingerprint density at radius 3 is 2.96 bits per heavy atom. The molecule has 1 aromatic carbocycles. The number of nitrogens with one attached hydrogen (secondary N) is 1. The molecular formula is C20H22N4O2. The van der Waals surface area contributed by atoms with Crippen molar-refractivity contribution in [2.75, 3.05) is 31.7 Å². The molecule has 0 radical (unpaired) electrons. The summed E-state index contributed by atoms with van der Waals surface area (Å²) in [4.78, 5) is 18.9. The first-order chi connectivity index (χ1) is 12.7. The van der Waals surface area contributed by atoms with Crippen LogP contribution in [0.15, 0.2) is 59.7 Å². The standard InChI is InChI=1S/C20H22N4O2/c1-15-11-17(20-21-8-7-19(25)24(20)12-15)18-13-23(9-10-26-18)14-22-16-5-3-2-4-6-16/h2-8,11-12,18,22H,9-10,13-14H2,1H3. The minimum atomic E-state index is -0.106. The highest BCUT2D eigenvalue weighted by Gasteiger charge is 2.24. The summed E-state index contributed by atoms with van der Waals surface area (Å²) in [6.07, 6.45) is 3.28. The van der Waals surface area contributed by atoms with Crippen molar-refractivity contribution in [2.45, 2.75) is 13.0 Å². The third kappa shape index (κ3) is 3.47. The Morgan fingerprint density at radius 1 is 1.27 bits per heavy atom. The van der Waals surface area contributed by atoms with Crippen LogP contribution in [0.3, 0.4) is 0 Å². The van der Waals surface area contributed by atoms with Gasteiger partial charge in [-0.3, -0.25) is 14.1 Å². The Morgan fingerprint density at radius 2 is 2.12 bits per heavy atom. The number of fused-ring (bicyclic) bond motifs is 1. The van der Waals surface area contributed by atoms with Gasteiger partial charge in [0.05, 0.1) is 19.4 Å². The maximum absolute atomic E-state index is 12.2. The van der Waals surface area contributed by atoms with E-state index in [0.29, 0.717) is 12.3 Å². The van der Waals surface area contributed by atoms with Crippen LogP contribution in [0.1, 0.15) is 17.2 Å². The topological polar surface area (TPSA) is 58.9 Å². The van der Waals surface area contributed by atoms with Crippen LogP contribution in [0, 0.1) is 6.92 Å². The molecule has 1 aliphatic rings. The molecule has 26 heavy (non-hydrogen) atoms. The monoisotopic (exact) mass is 350 g/mol. The number of hydrogen-bond donors (Lipinski definition) is 1. The summed E-state index contributed by atoms with van der Waals surface area (Å²) in [5.74, 6) is 0. The van der Waals surface area contributed by atoms with E-state index < -0.39 is 0 Å². The minimum Gasteiger partial charge on any atom is -0.372 e. The van der Waals surface area contributed by atoms with E-state index in [1.165, 1.54) is 6.07 Å². The molecule has 4 rings (SSSR count). The second-order valence-electron chi connectivity index (χ2n) is 6.59. The van der Waals surface area contributed by atoms with E-state index in [2.05, 4.69) is 33.4 Å². The fourth-order valence-electron chi connectivity index (χ4n) is 3.34. The molecule has 1 unspecified atom stereocenters. The molecule has 3 aromatic rings. The van der Waals surface area contributed by atoms with Crippen molar-refractivity contribution < 1.29 is 4.74 Å². The summed E-state index contributed by atoms with van der Waals surface area (Å²) in [5, 5.41) is 3.44. The van der Waals surface area contributed by atoms with Gasteiger partial charge in [0, 0.05) is 42.8 Å². The number of rotatable bonds is 4. The molecule has 134 valence electrons. The first-order valence-electron chi connectivity index (χ1n) is 8.81. The van der Waals surface area contributed by atoms with Crippen LogP contribution in [-0.4, -0.2) is 40.6 Å². The average molecular weight is 350 g/mol. The van der Waals surface area contributed by atoms with Crippen molar-refractivity contribution in [3.63, 3.8) is 0 Å². The molecule has 6 nitrogen and oxygen atoms in total. The minimum absolute atomic E-state index is 0.0710. The first-order valence-corrected chi connectivity index (χ1v) is 8.81. The molecule has 6 heteroatoms. The van der Waals surface area contributed by atoms with Crippen molar-refractivity contribution in [1.82, 2.24) is 14.3 Å². The molecule has 2 aromatic heterocycles. The number of benzene rings is 1. The van der Waals surface area contributed by atoms with E-state index in [0.717, 1.165) is 36.6 Å². The van der Waals surface area contributed by atoms with Gasteiger partial charge in [0.15, 0.2) is 0 Å². The van der Waals surface area contributed by atoms with Crippen LogP contribution in [0.25, 0.3) is 5.65 Å². The molecule has 1 saturated heterocycles. The molecule has 0 spiro atoms. The van der Waals surface area contributed by atoms with Crippen LogP contribution < -0.4 is 10.9 Å². The molecule has 3 heterocycles. The van der Waals surface area contributed by atoms with Crippen molar-refractivity contribution in [3.05, 3.63) is 76.3 Å². The largest absolute Gasteiger partial charge is 0.372 e. The van der Waals surface area contributed by atoms with Gasteiger partial charge in [-0.25, -0.2) is 4.98 Å². The van der Waals surface area contributed by atoms with Crippen LogP contribution in [0.4, 0.5) is 5.69 Å². The quantitative estimate of drug-likeness (QED) is 0.783. The van der Waals surface area contributed by atoms with Gasteiger partial charge in [-0.1, -0.05) is 18.2 Å². The summed E-state index contributed by atoms with van der Waals surface area (Å²) in [6.45, 7) is 5.01. The van der Waals surface area contributed by atoms with Crippen LogP contribution in [0.5, 0.6) is 0 Å². The molecule has 0 bridgehead atoms. The summed E-state index contributed by atoms with van der Waals surface area (Å²) >= 11 is 0. The lowest BCUT2D eigenvalue weighted by Gasteiger charge is -2.33. The number of para-hydroxylation sites is 1. The predicted molar refractivity (Wildman–Crippen MR) is 101 cm³/mol. The van der Waals surface area contributed by atoms with Gasteiger partial charge >= 0.3 is 0 Å². The Balaban J connectivity index is 1.55. The van der Waals surface area contributed by atoms with E-state index >= 15 is 0 Å². The molecule has 0 saturated carbocycles. The maximum atomic E-state index is 12.2. The molecule has 0 amide bonds. The van der Waals surface area contributed by atoms with Gasteiger partial charge in [-0.2, -0.15) is 0 Å². The SMILES string of the molecule is Cc1cc(C2CN(CNc3ccccc3)CCO2)c2nccc(=O)n2c1. The Labute approximate surface area is 152 Å². The molecule has 1 N–H and O–H groups in total. The summed E-state index contributed by atoms with van der Waals surface area (Å²) in [7, 11) is 0. The highest BCUT2D eigenvalue weighted by atomic mass is 16.5. The molecular weight excluding hydrogens is 328 g/mol. The Hall–Kier alpha value is -2.70. The van der Waals surface area contributed by atoms with Gasteiger partial charge in [-0.05, 0) is 30.7 Å². The smallest absolute Gasteiger partial charge is 0.257 e. The van der Waals surface area contributed by atoms with Gasteiger partial charge in [0.2, 0.25) is 0 Å². The third-order valence-electron chi connectivity index (χ3n) is 4.63. The number of nitrogens with zero attached hydrogens (tertiary/aromatic N) is 3. The fourth-order valence-corrected chi connectivity index (χ4v) is 3.34. The number of aryl methyl sites for hydroxylation is 1. The molecule has 0 aliphatic carbocycles. The fraction of sp³-hybridized carbons (Fsp3) is 0.300. The number of pyridine rings is 1. The molecule has 1 fully saturated rings. The maximum Gasteiger partial charge on any atom is 0.257 e. The number of aromatic nitrogens is 2. The van der Waals surface area contributed by atoms with E-state index in [1.807, 2.05) is 31.3 Å². The Kier molecular flexibility index (Phi) is 4.69. The van der Waals surface area contributed by atoms with Crippen molar-refractivity contribution in [3.8, 4) is 0 Å². The summed E-state index contributed by atoms with van der Waals surface area (Å²) in [5.41, 5.74) is 3.69. The highest BCUT2D eigenvalue weighted by Crippen LogP contribution is 2.25. The third-order valence-corrected chi connectivity index (χ3v) is 4.63. The van der Waals surface area contributed by atoms with E-state index in [1.54, 1.807) is 10.6 Å². The second kappa shape index (κ2) is 7.27. The first kappa shape index (κ1) is 16.8. The lowest BCUT2D eigenvalue weighted by atomic mass is 10.1. The lowest BCUT2D eigenvalue weighted by molar-refractivity contribution is -0.0270. The molecule has 1 atom stereocenters. The zero-order chi connectivity index (χ0) is 17.9. The number of hydrogen-bond acceptors (Lipinski definition) is 5. The zero-order valence-corrected chi connectivity index (χ0v) is 14.8. The van der Waals surface area contributed by atoms with Crippen molar-refractivity contribution in [2.24, 2.45) is 0 Å². The van der Waals surface area contributed by atoms with Crippen molar-refractivity contribution >= 4 is 11.3 Å². The van der Waals surface area contributed by atoms with Crippen molar-refractivity contribution in [1.29, 1.82) is 0 Å². The Bertz CT molecular complexity index is 955. The van der Waals surface area contributed by atoms with E-state index in [-0.39, 0.29) is 11.7 Å². The molecule has 1 aliphatic heterocycles. The average Bonchev–Trinajstić information content (AvgIpc) is 2.68. The number of anilines is 1. The lowest BCUT2D eigenvalue weighted by Crippen LogP contribution is -2.41. The van der Waals surface area contributed by atoms with Gasteiger partial charge in [0.1, 0.15) is 5.65 Å². The summed E-state index contributed by atoms with van der Waals surface area (Å²) in [6, 6.07) is 13.7. The van der Waals surface area contributed by atoms with Crippen LogP contribution in [0.2, 0.25) is 0 Å². The van der Waals surface area contributed by atoms with Gasteiger partial charge in [0.25, 0.3) is 5.56 Å². The summed E-state index contributed by atoms with van der Waals surface area (Å²) < 4.78 is 7.63. The second-order valence-corrected chi connectivity index (χ2v) is 6.59. The van der Waals surface area contributed by atoms with E-state index in [9.17, 15) is 4.79 Å². The van der Waals surface area contributed by atoms with Crippen LogP contribution >= 0.6 is 0 Å².